The molecule has 3 rings (SSSR count). The molecule has 0 radical (unpaired) electrons. The van der Waals surface area contributed by atoms with Crippen molar-refractivity contribution in [3.05, 3.63) is 33.8 Å². The van der Waals surface area contributed by atoms with E-state index in [1.54, 1.807) is 45.9 Å². The van der Waals surface area contributed by atoms with E-state index in [1.165, 1.54) is 0 Å². The summed E-state index contributed by atoms with van der Waals surface area (Å²) in [4.78, 5) is 49.0. The second-order valence-corrected chi connectivity index (χ2v) is 10.6. The average molecular weight is 608 g/mol. The van der Waals surface area contributed by atoms with Gasteiger partial charge in [-0.3, -0.25) is 4.79 Å². The molecule has 0 unspecified atom stereocenters. The molecule has 0 amide bonds. The Bertz CT molecular complexity index is 1120. The molecule has 2 aliphatic carbocycles. The Morgan fingerprint density at radius 1 is 0.925 bits per heavy atom. The quantitative estimate of drug-likeness (QED) is 0.213. The minimum Gasteiger partial charge on any atom is -0.431 e. The van der Waals surface area contributed by atoms with E-state index in [0.717, 1.165) is 0 Å². The van der Waals surface area contributed by atoms with Crippen LogP contribution in [0, 0.1) is 17.8 Å². The lowest BCUT2D eigenvalue weighted by atomic mass is 9.87. The molecule has 0 aromatic heterocycles. The lowest BCUT2D eigenvalue weighted by Crippen LogP contribution is -2.62. The lowest BCUT2D eigenvalue weighted by Gasteiger charge is -2.34. The van der Waals surface area contributed by atoms with E-state index in [-0.39, 0.29) is 11.6 Å². The van der Waals surface area contributed by atoms with E-state index >= 15 is 0 Å². The molecule has 0 heterocycles. The van der Waals surface area contributed by atoms with Crippen LogP contribution in [0.25, 0.3) is 0 Å². The molecule has 2 fully saturated rings. The van der Waals surface area contributed by atoms with Gasteiger partial charge in [0.15, 0.2) is 0 Å². The number of aliphatic hydroxyl groups is 1. The van der Waals surface area contributed by atoms with E-state index in [2.05, 4.69) is 4.74 Å². The summed E-state index contributed by atoms with van der Waals surface area (Å²) in [6.45, 7) is 4.71. The number of nitrogens with two attached hydrogens (primary N) is 1. The SMILES string of the molecule is CC(C)OC(=O)OCOC(=O)[C@H]1[C@@H]2[C@H](O)[C@@H](OCc3ccc(Cl)c(Cl)c3)[C@@](N)(C(=O)OCOC(=O)OC(C)C)[C@H]12. The summed E-state index contributed by atoms with van der Waals surface area (Å²) in [6.07, 6.45) is -5.74. The molecule has 2 saturated carbocycles. The van der Waals surface area contributed by atoms with Crippen LogP contribution in [0.3, 0.4) is 0 Å². The summed E-state index contributed by atoms with van der Waals surface area (Å²) in [5.74, 6) is -4.80. The van der Waals surface area contributed by atoms with Crippen LogP contribution < -0.4 is 5.73 Å². The number of aliphatic hydroxyl groups excluding tert-OH is 1. The summed E-state index contributed by atoms with van der Waals surface area (Å²) in [5.41, 5.74) is 5.03. The Kier molecular flexibility index (Phi) is 10.5. The van der Waals surface area contributed by atoms with Crippen molar-refractivity contribution >= 4 is 47.5 Å². The van der Waals surface area contributed by atoms with Crippen molar-refractivity contribution in [2.45, 2.75) is 64.3 Å². The summed E-state index contributed by atoms with van der Waals surface area (Å²) in [6, 6.07) is 4.72. The zero-order valence-electron chi connectivity index (χ0n) is 22.2. The van der Waals surface area contributed by atoms with Gasteiger partial charge in [0, 0.05) is 11.8 Å². The molecule has 6 atom stereocenters. The standard InChI is InChI=1S/C25H31Cl2NO12/c1-11(2)39-23(32)37-9-35-21(30)17-16-18(17)25(28,22(31)36-10-38-24(33)40-12(3)4)20(19(16)29)34-8-13-5-6-14(26)15(27)7-13/h5-7,11-12,16-20,29H,8-10,28H2,1-4H3/t16-,17-,18-,19-,20+,25+/m0/s1. The third kappa shape index (κ3) is 7.26. The zero-order chi connectivity index (χ0) is 29.8. The van der Waals surface area contributed by atoms with Crippen molar-refractivity contribution in [1.29, 1.82) is 0 Å². The predicted octanol–water partition coefficient (Wildman–Crippen LogP) is 2.94. The number of hydrogen-bond donors (Lipinski definition) is 2. The molecule has 1 aromatic rings. The Labute approximate surface area is 240 Å². The van der Waals surface area contributed by atoms with Crippen LogP contribution in [0.1, 0.15) is 33.3 Å². The first-order valence-electron chi connectivity index (χ1n) is 12.3. The fraction of sp³-hybridized carbons (Fsp3) is 0.600. The van der Waals surface area contributed by atoms with Gasteiger partial charge in [-0.15, -0.1) is 0 Å². The van der Waals surface area contributed by atoms with E-state index in [0.29, 0.717) is 10.6 Å². The Balaban J connectivity index is 1.70. The van der Waals surface area contributed by atoms with Crippen LogP contribution in [-0.2, 0) is 49.4 Å². The molecule has 0 saturated heterocycles. The van der Waals surface area contributed by atoms with Gasteiger partial charge in [0.05, 0.1) is 40.9 Å². The molecule has 222 valence electrons. The highest BCUT2D eigenvalue weighted by molar-refractivity contribution is 6.42. The van der Waals surface area contributed by atoms with E-state index in [1.807, 2.05) is 0 Å². The molecule has 1 aromatic carbocycles. The van der Waals surface area contributed by atoms with Crippen molar-refractivity contribution in [1.82, 2.24) is 0 Å². The van der Waals surface area contributed by atoms with Gasteiger partial charge in [0.1, 0.15) is 11.6 Å². The first kappa shape index (κ1) is 31.7. The number of fused-ring (bicyclic) bond motifs is 1. The Morgan fingerprint density at radius 2 is 1.50 bits per heavy atom. The predicted molar refractivity (Wildman–Crippen MR) is 136 cm³/mol. The van der Waals surface area contributed by atoms with Crippen molar-refractivity contribution < 1.29 is 57.4 Å². The largest absolute Gasteiger partial charge is 0.511 e. The number of ether oxygens (including phenoxy) is 7. The Morgan fingerprint density at radius 3 is 2.05 bits per heavy atom. The van der Waals surface area contributed by atoms with Crippen LogP contribution in [0.15, 0.2) is 18.2 Å². The third-order valence-corrected chi connectivity index (χ3v) is 6.99. The summed E-state index contributed by atoms with van der Waals surface area (Å²) in [7, 11) is 0. The van der Waals surface area contributed by atoms with Gasteiger partial charge >= 0.3 is 24.2 Å². The number of halogens is 2. The average Bonchev–Trinajstić information content (AvgIpc) is 3.56. The molecule has 2 aliphatic rings. The van der Waals surface area contributed by atoms with Crippen LogP contribution >= 0.6 is 23.2 Å². The van der Waals surface area contributed by atoms with Crippen molar-refractivity contribution in [3.63, 3.8) is 0 Å². The van der Waals surface area contributed by atoms with Gasteiger partial charge in [0.25, 0.3) is 0 Å². The van der Waals surface area contributed by atoms with Gasteiger partial charge in [-0.1, -0.05) is 29.3 Å². The van der Waals surface area contributed by atoms with Gasteiger partial charge in [-0.25, -0.2) is 14.4 Å². The summed E-state index contributed by atoms with van der Waals surface area (Å²) >= 11 is 12.0. The minimum atomic E-state index is -2.05. The molecule has 0 bridgehead atoms. The number of carbonyl (C=O) groups excluding carboxylic acids is 4. The third-order valence-electron chi connectivity index (χ3n) is 6.25. The molecular formula is C25H31Cl2NO12. The maximum absolute atomic E-state index is 13.2. The molecule has 40 heavy (non-hydrogen) atoms. The summed E-state index contributed by atoms with van der Waals surface area (Å²) in [5, 5.41) is 11.6. The summed E-state index contributed by atoms with van der Waals surface area (Å²) < 4.78 is 34.9. The van der Waals surface area contributed by atoms with Gasteiger partial charge in [-0.05, 0) is 45.4 Å². The van der Waals surface area contributed by atoms with Crippen LogP contribution in [0.4, 0.5) is 9.59 Å². The highest BCUT2D eigenvalue weighted by atomic mass is 35.5. The van der Waals surface area contributed by atoms with Gasteiger partial charge in [0.2, 0.25) is 13.6 Å². The molecule has 3 N–H and O–H groups in total. The van der Waals surface area contributed by atoms with Crippen molar-refractivity contribution in [2.75, 3.05) is 13.6 Å². The maximum Gasteiger partial charge on any atom is 0.511 e. The smallest absolute Gasteiger partial charge is 0.431 e. The number of rotatable bonds is 11. The molecule has 13 nitrogen and oxygen atoms in total. The van der Waals surface area contributed by atoms with Gasteiger partial charge in [-0.2, -0.15) is 0 Å². The number of benzene rings is 1. The monoisotopic (exact) mass is 607 g/mol. The molecule has 15 heteroatoms. The zero-order valence-corrected chi connectivity index (χ0v) is 23.7. The molecule has 0 aliphatic heterocycles. The topological polar surface area (TPSA) is 179 Å². The van der Waals surface area contributed by atoms with E-state index in [9.17, 15) is 24.3 Å². The fourth-order valence-corrected chi connectivity index (χ4v) is 4.92. The normalized spacial score (nSPS) is 26.6. The highest BCUT2D eigenvalue weighted by Gasteiger charge is 2.79. The minimum absolute atomic E-state index is 0.123. The molecular weight excluding hydrogens is 577 g/mol. The lowest BCUT2D eigenvalue weighted by molar-refractivity contribution is -0.173. The Hall–Kier alpha value is -2.84. The van der Waals surface area contributed by atoms with Crippen molar-refractivity contribution in [3.8, 4) is 0 Å². The van der Waals surface area contributed by atoms with E-state index in [4.69, 9.17) is 57.4 Å². The second kappa shape index (κ2) is 13.2. The number of carbonyl (C=O) groups is 4. The first-order chi connectivity index (χ1) is 18.8. The van der Waals surface area contributed by atoms with E-state index < -0.39 is 85.5 Å². The second-order valence-electron chi connectivity index (χ2n) is 9.79. The number of esters is 2. The van der Waals surface area contributed by atoms with Gasteiger partial charge < -0.3 is 44.0 Å². The fourth-order valence-electron chi connectivity index (χ4n) is 4.60. The number of hydrogen-bond acceptors (Lipinski definition) is 13. The molecule has 0 spiro atoms. The highest BCUT2D eigenvalue weighted by Crippen LogP contribution is 2.63. The van der Waals surface area contributed by atoms with Crippen LogP contribution in [0.2, 0.25) is 10.0 Å². The maximum atomic E-state index is 13.2. The van der Waals surface area contributed by atoms with Crippen LogP contribution in [0.5, 0.6) is 0 Å². The first-order valence-corrected chi connectivity index (χ1v) is 13.1. The van der Waals surface area contributed by atoms with Crippen LogP contribution in [-0.4, -0.2) is 72.9 Å². The van der Waals surface area contributed by atoms with Crippen molar-refractivity contribution in [2.24, 2.45) is 23.5 Å².